The summed E-state index contributed by atoms with van der Waals surface area (Å²) >= 11 is 0. The van der Waals surface area contributed by atoms with Crippen LogP contribution in [0.2, 0.25) is 0 Å². The summed E-state index contributed by atoms with van der Waals surface area (Å²) in [5.74, 6) is 0.791. The summed E-state index contributed by atoms with van der Waals surface area (Å²) in [6, 6.07) is 23.1. The molecule has 12 heteroatoms. The minimum atomic E-state index is -0.177. The second-order valence-electron chi connectivity index (χ2n) is 8.24. The van der Waals surface area contributed by atoms with Crippen LogP contribution in [0.5, 0.6) is 5.75 Å². The summed E-state index contributed by atoms with van der Waals surface area (Å²) in [5, 5.41) is 24.5. The molecule has 0 unspecified atom stereocenters. The molecule has 1 amide bonds. The molecule has 39 heavy (non-hydrogen) atoms. The van der Waals surface area contributed by atoms with Gasteiger partial charge in [0.05, 0.1) is 13.2 Å². The van der Waals surface area contributed by atoms with Crippen molar-refractivity contribution >= 4 is 35.1 Å². The predicted molar refractivity (Wildman–Crippen MR) is 149 cm³/mol. The summed E-state index contributed by atoms with van der Waals surface area (Å²) in [6.45, 7) is 1.50. The third-order valence-electron chi connectivity index (χ3n) is 5.31. The van der Waals surface area contributed by atoms with E-state index < -0.39 is 0 Å². The number of phenolic OH excluding ortho intramolecular Hbond substituents is 1. The first-order chi connectivity index (χ1) is 19.1. The molecule has 4 aromatic rings. The number of nitrogens with zero attached hydrogens (tertiary/aromatic N) is 4. The fourth-order valence-corrected chi connectivity index (χ4v) is 3.39. The number of carbonyl (C=O) groups is 1. The van der Waals surface area contributed by atoms with Crippen molar-refractivity contribution < 1.29 is 14.6 Å². The number of nitroso groups, excluding NO2 is 1. The van der Waals surface area contributed by atoms with Crippen molar-refractivity contribution in [1.29, 1.82) is 0 Å². The van der Waals surface area contributed by atoms with Crippen LogP contribution in [0.1, 0.15) is 15.9 Å². The molecule has 12 nitrogen and oxygen atoms in total. The monoisotopic (exact) mass is 528 g/mol. The maximum absolute atomic E-state index is 12.5. The molecule has 1 aromatic heterocycles. The fraction of sp³-hybridized carbons (Fsp3) is 0.185. The Balaban J connectivity index is 1.42. The number of hydrogen-bond acceptors (Lipinski definition) is 11. The molecule has 1 heterocycles. The zero-order chi connectivity index (χ0) is 27.3. The standard InChI is InChI=1S/C27H28N8O4/c36-23-12-10-22(11-13-23)32-27-34-25(28-14-16-39-17-15-30-38)33-26(35-27)31-21-8-6-20(7-9-21)24(37)29-18-19-4-2-1-3-5-19/h1-13,36H,14-18H2,(H,29,37)(H3,28,31,32,33,34,35). The van der Waals surface area contributed by atoms with E-state index in [-0.39, 0.29) is 36.7 Å². The van der Waals surface area contributed by atoms with E-state index in [0.717, 1.165) is 5.56 Å². The van der Waals surface area contributed by atoms with E-state index in [9.17, 15) is 14.8 Å². The van der Waals surface area contributed by atoms with Crippen molar-refractivity contribution in [3.63, 3.8) is 0 Å². The van der Waals surface area contributed by atoms with Crippen LogP contribution in [0.4, 0.5) is 29.2 Å². The van der Waals surface area contributed by atoms with Gasteiger partial charge < -0.3 is 31.1 Å². The molecule has 0 bridgehead atoms. The number of carbonyl (C=O) groups excluding carboxylic acids is 1. The Morgan fingerprint density at radius 2 is 1.41 bits per heavy atom. The van der Waals surface area contributed by atoms with E-state index in [1.54, 1.807) is 48.5 Å². The van der Waals surface area contributed by atoms with Gasteiger partial charge in [-0.05, 0) is 54.1 Å². The molecule has 0 radical (unpaired) electrons. The van der Waals surface area contributed by atoms with Crippen molar-refractivity contribution in [2.75, 3.05) is 42.3 Å². The second-order valence-corrected chi connectivity index (χ2v) is 8.24. The van der Waals surface area contributed by atoms with Crippen LogP contribution in [0, 0.1) is 4.91 Å². The number of anilines is 5. The highest BCUT2D eigenvalue weighted by Crippen LogP contribution is 2.20. The summed E-state index contributed by atoms with van der Waals surface area (Å²) in [5.41, 5.74) is 2.89. The summed E-state index contributed by atoms with van der Waals surface area (Å²) < 4.78 is 5.32. The third-order valence-corrected chi connectivity index (χ3v) is 5.31. The summed E-state index contributed by atoms with van der Waals surface area (Å²) in [6.07, 6.45) is 0. The van der Waals surface area contributed by atoms with Gasteiger partial charge in [-0.3, -0.25) is 4.79 Å². The molecule has 0 saturated carbocycles. The molecular formula is C27H28N8O4. The first-order valence-corrected chi connectivity index (χ1v) is 12.2. The molecule has 0 aliphatic carbocycles. The van der Waals surface area contributed by atoms with Crippen molar-refractivity contribution in [2.24, 2.45) is 5.18 Å². The Bertz CT molecular complexity index is 1350. The van der Waals surface area contributed by atoms with Crippen LogP contribution in [0.25, 0.3) is 0 Å². The number of amides is 1. The molecule has 0 fully saturated rings. The maximum atomic E-state index is 12.5. The SMILES string of the molecule is O=NCCOCCNc1nc(Nc2ccc(O)cc2)nc(Nc2ccc(C(=O)NCc3ccccc3)cc2)n1. The van der Waals surface area contributed by atoms with Crippen molar-refractivity contribution in [3.8, 4) is 5.75 Å². The van der Waals surface area contributed by atoms with E-state index in [4.69, 9.17) is 4.74 Å². The van der Waals surface area contributed by atoms with Crippen LogP contribution in [-0.2, 0) is 11.3 Å². The number of nitrogens with one attached hydrogen (secondary N) is 4. The molecule has 0 aliphatic heterocycles. The van der Waals surface area contributed by atoms with Gasteiger partial charge in [-0.2, -0.15) is 19.9 Å². The minimum Gasteiger partial charge on any atom is -0.508 e. The topological polar surface area (TPSA) is 163 Å². The number of aromatic nitrogens is 3. The molecule has 5 N–H and O–H groups in total. The summed E-state index contributed by atoms with van der Waals surface area (Å²) in [7, 11) is 0. The van der Waals surface area contributed by atoms with Gasteiger partial charge in [0.15, 0.2) is 0 Å². The van der Waals surface area contributed by atoms with Gasteiger partial charge in [-0.25, -0.2) is 0 Å². The molecule has 0 aliphatic rings. The van der Waals surface area contributed by atoms with E-state index in [1.165, 1.54) is 0 Å². The van der Waals surface area contributed by atoms with E-state index >= 15 is 0 Å². The van der Waals surface area contributed by atoms with Crippen LogP contribution >= 0.6 is 0 Å². The lowest BCUT2D eigenvalue weighted by molar-refractivity contribution is 0.0951. The minimum absolute atomic E-state index is 0.0913. The van der Waals surface area contributed by atoms with Crippen LogP contribution < -0.4 is 21.3 Å². The van der Waals surface area contributed by atoms with Gasteiger partial charge in [-0.1, -0.05) is 35.5 Å². The lowest BCUT2D eigenvalue weighted by Gasteiger charge is -2.12. The van der Waals surface area contributed by atoms with Gasteiger partial charge in [0.25, 0.3) is 5.91 Å². The first-order valence-electron chi connectivity index (χ1n) is 12.2. The molecular weight excluding hydrogens is 500 g/mol. The summed E-state index contributed by atoms with van der Waals surface area (Å²) in [4.78, 5) is 35.9. The number of rotatable bonds is 14. The Morgan fingerprint density at radius 1 is 0.795 bits per heavy atom. The average Bonchev–Trinajstić information content (AvgIpc) is 2.96. The molecule has 3 aromatic carbocycles. The van der Waals surface area contributed by atoms with Crippen LogP contribution in [-0.4, -0.2) is 52.3 Å². The largest absolute Gasteiger partial charge is 0.508 e. The van der Waals surface area contributed by atoms with E-state index in [1.807, 2.05) is 30.3 Å². The Hall–Kier alpha value is -5.10. The van der Waals surface area contributed by atoms with Crippen molar-refractivity contribution in [3.05, 3.63) is 94.9 Å². The highest BCUT2D eigenvalue weighted by molar-refractivity contribution is 5.94. The van der Waals surface area contributed by atoms with Gasteiger partial charge in [0.1, 0.15) is 12.3 Å². The predicted octanol–water partition coefficient (Wildman–Crippen LogP) is 4.19. The maximum Gasteiger partial charge on any atom is 0.251 e. The van der Waals surface area contributed by atoms with E-state index in [2.05, 4.69) is 41.4 Å². The van der Waals surface area contributed by atoms with E-state index in [0.29, 0.717) is 42.6 Å². The highest BCUT2D eigenvalue weighted by atomic mass is 16.5. The number of ether oxygens (including phenoxy) is 1. The molecule has 0 saturated heterocycles. The number of benzene rings is 3. The van der Waals surface area contributed by atoms with Gasteiger partial charge in [0, 0.05) is 30.0 Å². The zero-order valence-corrected chi connectivity index (χ0v) is 21.0. The Labute approximate surface area is 224 Å². The fourth-order valence-electron chi connectivity index (χ4n) is 3.39. The number of aromatic hydroxyl groups is 1. The van der Waals surface area contributed by atoms with Crippen molar-refractivity contribution in [2.45, 2.75) is 6.54 Å². The third kappa shape index (κ3) is 8.76. The number of hydrogen-bond donors (Lipinski definition) is 5. The quantitative estimate of drug-likeness (QED) is 0.0911. The van der Waals surface area contributed by atoms with Gasteiger partial charge in [0.2, 0.25) is 17.8 Å². The Morgan fingerprint density at radius 3 is 2.05 bits per heavy atom. The second kappa shape index (κ2) is 14.0. The Kier molecular flexibility index (Phi) is 9.67. The zero-order valence-electron chi connectivity index (χ0n) is 21.0. The van der Waals surface area contributed by atoms with Crippen molar-refractivity contribution in [1.82, 2.24) is 20.3 Å². The lowest BCUT2D eigenvalue weighted by Crippen LogP contribution is -2.22. The normalized spacial score (nSPS) is 10.5. The van der Waals surface area contributed by atoms with Crippen LogP contribution in [0.15, 0.2) is 84.0 Å². The highest BCUT2D eigenvalue weighted by Gasteiger charge is 2.10. The molecule has 0 atom stereocenters. The molecule has 0 spiro atoms. The smallest absolute Gasteiger partial charge is 0.251 e. The van der Waals surface area contributed by atoms with Gasteiger partial charge >= 0.3 is 0 Å². The molecule has 200 valence electrons. The van der Waals surface area contributed by atoms with Gasteiger partial charge in [-0.15, -0.1) is 0 Å². The van der Waals surface area contributed by atoms with Crippen LogP contribution in [0.3, 0.4) is 0 Å². The average molecular weight is 529 g/mol. The molecule has 4 rings (SSSR count). The lowest BCUT2D eigenvalue weighted by atomic mass is 10.2. The first kappa shape index (κ1) is 26.9. The number of phenols is 1.